The summed E-state index contributed by atoms with van der Waals surface area (Å²) in [4.78, 5) is 22.7. The summed E-state index contributed by atoms with van der Waals surface area (Å²) in [6.45, 7) is 5.75. The number of nitrogens with one attached hydrogen (secondary N) is 2. The van der Waals surface area contributed by atoms with Crippen molar-refractivity contribution in [2.75, 3.05) is 13.2 Å². The van der Waals surface area contributed by atoms with Gasteiger partial charge in [-0.05, 0) is 38.0 Å². The predicted octanol–water partition coefficient (Wildman–Crippen LogP) is 1.93. The fraction of sp³-hybridized carbons (Fsp3) is 0.467. The third-order valence-electron chi connectivity index (χ3n) is 3.21. The van der Waals surface area contributed by atoms with Gasteiger partial charge in [0.25, 0.3) is 0 Å². The van der Waals surface area contributed by atoms with Gasteiger partial charge in [0.05, 0.1) is 6.54 Å². The van der Waals surface area contributed by atoms with Crippen molar-refractivity contribution in [2.45, 2.75) is 32.7 Å². The minimum atomic E-state index is -1.26. The molecule has 1 aromatic rings. The molecule has 2 amide bonds. The van der Waals surface area contributed by atoms with Crippen LogP contribution in [-0.4, -0.2) is 35.8 Å². The number of aryl methyl sites for hydroxylation is 1. The number of hydrogen-bond acceptors (Lipinski definition) is 3. The van der Waals surface area contributed by atoms with Gasteiger partial charge in [-0.1, -0.05) is 19.1 Å². The molecule has 0 aliphatic rings. The van der Waals surface area contributed by atoms with Crippen molar-refractivity contribution >= 4 is 12.0 Å². The lowest BCUT2D eigenvalue weighted by molar-refractivity contribution is -0.143. The van der Waals surface area contributed by atoms with Crippen LogP contribution >= 0.6 is 0 Å². The highest BCUT2D eigenvalue weighted by Gasteiger charge is 2.32. The molecular weight excluding hydrogens is 272 g/mol. The molecule has 1 aromatic carbocycles. The monoisotopic (exact) mass is 294 g/mol. The number of hydrogen-bond donors (Lipinski definition) is 3. The van der Waals surface area contributed by atoms with Crippen molar-refractivity contribution in [1.29, 1.82) is 0 Å². The molecule has 21 heavy (non-hydrogen) atoms. The van der Waals surface area contributed by atoms with Gasteiger partial charge in [0.15, 0.2) is 0 Å². The first-order valence-corrected chi connectivity index (χ1v) is 6.86. The Balaban J connectivity index is 2.32. The summed E-state index contributed by atoms with van der Waals surface area (Å²) in [7, 11) is 0. The van der Waals surface area contributed by atoms with Crippen LogP contribution < -0.4 is 15.4 Å². The molecule has 0 aromatic heterocycles. The lowest BCUT2D eigenvalue weighted by Crippen LogP contribution is -2.55. The molecule has 1 unspecified atom stereocenters. The number of carbonyl (C=O) groups excluding carboxylic acids is 1. The van der Waals surface area contributed by atoms with Crippen molar-refractivity contribution in [1.82, 2.24) is 10.6 Å². The Morgan fingerprint density at radius 1 is 1.38 bits per heavy atom. The average molecular weight is 294 g/mol. The Morgan fingerprint density at radius 2 is 2.10 bits per heavy atom. The van der Waals surface area contributed by atoms with E-state index in [4.69, 9.17) is 9.84 Å². The Labute approximate surface area is 124 Å². The largest absolute Gasteiger partial charge is 0.492 e. The summed E-state index contributed by atoms with van der Waals surface area (Å²) in [5, 5.41) is 14.1. The van der Waals surface area contributed by atoms with E-state index in [9.17, 15) is 9.59 Å². The number of carbonyl (C=O) groups is 2. The summed E-state index contributed by atoms with van der Waals surface area (Å²) in [5.41, 5.74) is -0.167. The van der Waals surface area contributed by atoms with Crippen LogP contribution in [-0.2, 0) is 4.79 Å². The smallest absolute Gasteiger partial charge is 0.329 e. The quantitative estimate of drug-likeness (QED) is 0.670. The molecule has 0 heterocycles. The fourth-order valence-electron chi connectivity index (χ4n) is 1.63. The summed E-state index contributed by atoms with van der Waals surface area (Å²) < 4.78 is 5.48. The molecule has 0 bridgehead atoms. The first-order chi connectivity index (χ1) is 9.87. The van der Waals surface area contributed by atoms with Crippen LogP contribution in [0.25, 0.3) is 0 Å². The first kappa shape index (κ1) is 16.8. The van der Waals surface area contributed by atoms with E-state index in [1.165, 1.54) is 6.92 Å². The minimum absolute atomic E-state index is 0.291. The Morgan fingerprint density at radius 3 is 2.67 bits per heavy atom. The zero-order valence-corrected chi connectivity index (χ0v) is 12.6. The third-order valence-corrected chi connectivity index (χ3v) is 3.21. The molecule has 0 saturated carbocycles. The lowest BCUT2D eigenvalue weighted by Gasteiger charge is -2.24. The molecular formula is C15H22N2O4. The number of rotatable bonds is 7. The van der Waals surface area contributed by atoms with Crippen LogP contribution in [0.3, 0.4) is 0 Å². The van der Waals surface area contributed by atoms with Crippen LogP contribution in [0.2, 0.25) is 0 Å². The van der Waals surface area contributed by atoms with Crippen molar-refractivity contribution in [2.24, 2.45) is 0 Å². The second kappa shape index (κ2) is 7.52. The van der Waals surface area contributed by atoms with E-state index in [0.717, 1.165) is 11.3 Å². The van der Waals surface area contributed by atoms with Gasteiger partial charge in [-0.2, -0.15) is 0 Å². The molecule has 6 nitrogen and oxygen atoms in total. The maximum Gasteiger partial charge on any atom is 0.329 e. The van der Waals surface area contributed by atoms with Gasteiger partial charge in [0, 0.05) is 0 Å². The summed E-state index contributed by atoms with van der Waals surface area (Å²) in [5.74, 6) is -0.322. The van der Waals surface area contributed by atoms with Crippen LogP contribution in [0.1, 0.15) is 25.8 Å². The van der Waals surface area contributed by atoms with Gasteiger partial charge in [-0.25, -0.2) is 9.59 Å². The zero-order valence-electron chi connectivity index (χ0n) is 12.6. The van der Waals surface area contributed by atoms with Gasteiger partial charge in [-0.3, -0.25) is 0 Å². The van der Waals surface area contributed by atoms with E-state index >= 15 is 0 Å². The van der Waals surface area contributed by atoms with Gasteiger partial charge in [-0.15, -0.1) is 0 Å². The standard InChI is InChI=1S/C15H22N2O4/c1-4-15(3,13(18)19)17-14(20)16-8-9-21-12-7-5-6-11(2)10-12/h5-7,10H,4,8-9H2,1-3H3,(H,18,19)(H2,16,17,20). The molecule has 0 aliphatic heterocycles. The third kappa shape index (κ3) is 5.33. The van der Waals surface area contributed by atoms with Gasteiger partial charge < -0.3 is 20.5 Å². The second-order valence-electron chi connectivity index (χ2n) is 5.04. The van der Waals surface area contributed by atoms with Gasteiger partial charge >= 0.3 is 12.0 Å². The molecule has 3 N–H and O–H groups in total. The molecule has 0 fully saturated rings. The number of urea groups is 1. The Bertz CT molecular complexity index is 504. The summed E-state index contributed by atoms with van der Waals surface area (Å²) in [6.07, 6.45) is 0.301. The Hall–Kier alpha value is -2.24. The number of ether oxygens (including phenoxy) is 1. The van der Waals surface area contributed by atoms with E-state index in [2.05, 4.69) is 10.6 Å². The van der Waals surface area contributed by atoms with Crippen LogP contribution in [0.5, 0.6) is 5.75 Å². The SMILES string of the molecule is CCC(C)(NC(=O)NCCOc1cccc(C)c1)C(=O)O. The molecule has 0 spiro atoms. The minimum Gasteiger partial charge on any atom is -0.492 e. The molecule has 1 rings (SSSR count). The molecule has 0 aliphatic carbocycles. The number of aliphatic carboxylic acids is 1. The molecule has 6 heteroatoms. The van der Waals surface area contributed by atoms with Gasteiger partial charge in [0.1, 0.15) is 17.9 Å². The Kier molecular flexibility index (Phi) is 6.02. The van der Waals surface area contributed by atoms with Gasteiger partial charge in [0.2, 0.25) is 0 Å². The van der Waals surface area contributed by atoms with Crippen LogP contribution in [0.15, 0.2) is 24.3 Å². The zero-order chi connectivity index (χ0) is 15.9. The molecule has 0 saturated heterocycles. The van der Waals surface area contributed by atoms with Crippen molar-refractivity contribution < 1.29 is 19.4 Å². The first-order valence-electron chi connectivity index (χ1n) is 6.86. The topological polar surface area (TPSA) is 87.7 Å². The number of amides is 2. The highest BCUT2D eigenvalue weighted by atomic mass is 16.5. The van der Waals surface area contributed by atoms with Crippen molar-refractivity contribution in [3.05, 3.63) is 29.8 Å². The van der Waals surface area contributed by atoms with Crippen molar-refractivity contribution in [3.63, 3.8) is 0 Å². The van der Waals surface area contributed by atoms with Crippen LogP contribution in [0, 0.1) is 6.92 Å². The number of carboxylic acid groups (broad SMARTS) is 1. The molecule has 1 atom stereocenters. The van der Waals surface area contributed by atoms with Crippen molar-refractivity contribution in [3.8, 4) is 5.75 Å². The number of benzene rings is 1. The second-order valence-corrected chi connectivity index (χ2v) is 5.04. The van der Waals surface area contributed by atoms with E-state index < -0.39 is 17.5 Å². The average Bonchev–Trinajstić information content (AvgIpc) is 2.43. The summed E-state index contributed by atoms with van der Waals surface area (Å²) in [6, 6.07) is 7.08. The van der Waals surface area contributed by atoms with E-state index in [1.54, 1.807) is 6.92 Å². The van der Waals surface area contributed by atoms with E-state index in [-0.39, 0.29) is 0 Å². The fourth-order valence-corrected chi connectivity index (χ4v) is 1.63. The molecule has 116 valence electrons. The summed E-state index contributed by atoms with van der Waals surface area (Å²) >= 11 is 0. The van der Waals surface area contributed by atoms with Crippen LogP contribution in [0.4, 0.5) is 4.79 Å². The highest BCUT2D eigenvalue weighted by Crippen LogP contribution is 2.12. The maximum atomic E-state index is 11.6. The lowest BCUT2D eigenvalue weighted by atomic mass is 10.00. The van der Waals surface area contributed by atoms with E-state index in [1.807, 2.05) is 31.2 Å². The maximum absolute atomic E-state index is 11.6. The molecule has 0 radical (unpaired) electrons. The van der Waals surface area contributed by atoms with E-state index in [0.29, 0.717) is 19.6 Å². The normalized spacial score (nSPS) is 13.1. The number of carboxylic acids is 1. The highest BCUT2D eigenvalue weighted by molar-refractivity contribution is 5.85. The predicted molar refractivity (Wildman–Crippen MR) is 79.5 cm³/mol.